The number of nitrogens with zero attached hydrogens (tertiary/aromatic N) is 1. The number of aromatic hydroxyl groups is 1. The molecule has 0 atom stereocenters. The normalized spacial score (nSPS) is 10.8. The number of ether oxygens (including phenoxy) is 1. The summed E-state index contributed by atoms with van der Waals surface area (Å²) in [5, 5.41) is 16.4. The summed E-state index contributed by atoms with van der Waals surface area (Å²) >= 11 is 0. The van der Waals surface area contributed by atoms with E-state index >= 15 is 0 Å². The highest BCUT2D eigenvalue weighted by molar-refractivity contribution is 14.0. The van der Waals surface area contributed by atoms with Crippen molar-refractivity contribution < 1.29 is 9.84 Å². The van der Waals surface area contributed by atoms with Crippen LogP contribution in [0.15, 0.2) is 47.5 Å². The van der Waals surface area contributed by atoms with Crippen molar-refractivity contribution in [3.05, 3.63) is 59.2 Å². The van der Waals surface area contributed by atoms with Crippen LogP contribution in [0.25, 0.3) is 0 Å². The minimum Gasteiger partial charge on any atom is -0.508 e. The number of phenols is 1. The molecule has 0 aliphatic heterocycles. The van der Waals surface area contributed by atoms with Gasteiger partial charge < -0.3 is 20.5 Å². The molecule has 136 valence electrons. The molecule has 5 nitrogen and oxygen atoms in total. The number of hydrogen-bond donors (Lipinski definition) is 3. The number of aliphatic imine (C=N–C) groups is 1. The fraction of sp³-hybridized carbons (Fsp3) is 0.316. The lowest BCUT2D eigenvalue weighted by Crippen LogP contribution is -2.36. The van der Waals surface area contributed by atoms with E-state index in [0.29, 0.717) is 24.8 Å². The van der Waals surface area contributed by atoms with Crippen LogP contribution >= 0.6 is 24.0 Å². The molecule has 2 rings (SSSR count). The average molecular weight is 455 g/mol. The lowest BCUT2D eigenvalue weighted by atomic mass is 10.1. The van der Waals surface area contributed by atoms with Crippen LogP contribution in [0, 0.1) is 6.92 Å². The summed E-state index contributed by atoms with van der Waals surface area (Å²) < 4.78 is 5.20. The molecule has 6 heteroatoms. The maximum Gasteiger partial charge on any atom is 0.191 e. The Bertz CT molecular complexity index is 705. The molecule has 25 heavy (non-hydrogen) atoms. The maximum absolute atomic E-state index is 9.96. The topological polar surface area (TPSA) is 65.9 Å². The SMILES string of the molecule is CCNC(=NCc1cccc(C)c1)NCc1cc(OC)ccc1O.I. The number of aryl methyl sites for hydroxylation is 1. The number of hydrogen-bond acceptors (Lipinski definition) is 3. The first kappa shape index (κ1) is 21.1. The van der Waals surface area contributed by atoms with Crippen molar-refractivity contribution in [2.75, 3.05) is 13.7 Å². The van der Waals surface area contributed by atoms with Crippen LogP contribution in [0.4, 0.5) is 0 Å². The molecule has 0 bridgehead atoms. The second-order valence-corrected chi connectivity index (χ2v) is 5.53. The van der Waals surface area contributed by atoms with Gasteiger partial charge >= 0.3 is 0 Å². The Morgan fingerprint density at radius 2 is 1.96 bits per heavy atom. The van der Waals surface area contributed by atoms with Crippen LogP contribution in [0.2, 0.25) is 0 Å². The molecule has 0 aromatic heterocycles. The Labute approximate surface area is 166 Å². The van der Waals surface area contributed by atoms with Crippen molar-refractivity contribution in [1.82, 2.24) is 10.6 Å². The van der Waals surface area contributed by atoms with Gasteiger partial charge in [-0.25, -0.2) is 4.99 Å². The van der Waals surface area contributed by atoms with Crippen LogP contribution < -0.4 is 15.4 Å². The Hall–Kier alpha value is -1.96. The fourth-order valence-electron chi connectivity index (χ4n) is 2.33. The third-order valence-corrected chi connectivity index (χ3v) is 3.58. The molecule has 0 amide bonds. The van der Waals surface area contributed by atoms with Crippen molar-refractivity contribution in [3.63, 3.8) is 0 Å². The number of halogens is 1. The van der Waals surface area contributed by atoms with Crippen LogP contribution in [-0.2, 0) is 13.1 Å². The molecule has 0 radical (unpaired) electrons. The predicted octanol–water partition coefficient (Wildman–Crippen LogP) is 3.58. The Balaban J connectivity index is 0.00000312. The number of phenolic OH excluding ortho intramolecular Hbond substituents is 1. The molecule has 0 fully saturated rings. The zero-order valence-corrected chi connectivity index (χ0v) is 17.2. The third-order valence-electron chi connectivity index (χ3n) is 3.58. The van der Waals surface area contributed by atoms with Gasteiger partial charge in [-0.15, -0.1) is 24.0 Å². The van der Waals surface area contributed by atoms with Crippen molar-refractivity contribution in [3.8, 4) is 11.5 Å². The molecule has 2 aromatic rings. The van der Waals surface area contributed by atoms with Gasteiger partial charge in [0, 0.05) is 18.7 Å². The molecule has 3 N–H and O–H groups in total. The van der Waals surface area contributed by atoms with Gasteiger partial charge in [0.25, 0.3) is 0 Å². The van der Waals surface area contributed by atoms with E-state index in [-0.39, 0.29) is 29.7 Å². The molecule has 0 aliphatic carbocycles. The van der Waals surface area contributed by atoms with E-state index in [2.05, 4.69) is 40.7 Å². The van der Waals surface area contributed by atoms with E-state index in [1.807, 2.05) is 19.1 Å². The Morgan fingerprint density at radius 1 is 1.16 bits per heavy atom. The highest BCUT2D eigenvalue weighted by atomic mass is 127. The van der Waals surface area contributed by atoms with Crippen LogP contribution in [0.3, 0.4) is 0 Å². The summed E-state index contributed by atoms with van der Waals surface area (Å²) in [5.41, 5.74) is 3.15. The van der Waals surface area contributed by atoms with E-state index in [1.54, 1.807) is 19.2 Å². The molecule has 2 aromatic carbocycles. The van der Waals surface area contributed by atoms with Crippen molar-refractivity contribution in [2.24, 2.45) is 4.99 Å². The maximum atomic E-state index is 9.96. The minimum atomic E-state index is 0. The van der Waals surface area contributed by atoms with Gasteiger partial charge in [0.15, 0.2) is 5.96 Å². The molecule has 0 heterocycles. The highest BCUT2D eigenvalue weighted by Crippen LogP contribution is 2.22. The van der Waals surface area contributed by atoms with Gasteiger partial charge in [0.05, 0.1) is 13.7 Å². The number of benzene rings is 2. The summed E-state index contributed by atoms with van der Waals surface area (Å²) in [6, 6.07) is 13.5. The van der Waals surface area contributed by atoms with E-state index in [4.69, 9.17) is 4.74 Å². The standard InChI is InChI=1S/C19H25N3O2.HI/c1-4-20-19(21-12-15-7-5-6-14(2)10-15)22-13-16-11-17(24-3)8-9-18(16)23;/h5-11,23H,4,12-13H2,1-3H3,(H2,20,21,22);1H. The number of guanidine groups is 1. The minimum absolute atomic E-state index is 0. The molecule has 0 unspecified atom stereocenters. The summed E-state index contributed by atoms with van der Waals surface area (Å²) in [4.78, 5) is 4.59. The van der Waals surface area contributed by atoms with E-state index in [9.17, 15) is 5.11 Å². The Kier molecular flexibility index (Phi) is 9.12. The zero-order valence-electron chi connectivity index (χ0n) is 14.9. The van der Waals surface area contributed by atoms with Crippen molar-refractivity contribution in [2.45, 2.75) is 26.9 Å². The third kappa shape index (κ3) is 6.81. The highest BCUT2D eigenvalue weighted by Gasteiger charge is 2.05. The lowest BCUT2D eigenvalue weighted by molar-refractivity contribution is 0.410. The number of nitrogens with one attached hydrogen (secondary N) is 2. The second kappa shape index (κ2) is 10.8. The monoisotopic (exact) mass is 455 g/mol. The van der Waals surface area contributed by atoms with Crippen LogP contribution in [0.1, 0.15) is 23.6 Å². The van der Waals surface area contributed by atoms with Gasteiger partial charge in [-0.2, -0.15) is 0 Å². The first-order valence-electron chi connectivity index (χ1n) is 8.06. The van der Waals surface area contributed by atoms with Gasteiger partial charge in [0.2, 0.25) is 0 Å². The van der Waals surface area contributed by atoms with Gasteiger partial charge in [0.1, 0.15) is 11.5 Å². The second-order valence-electron chi connectivity index (χ2n) is 5.53. The van der Waals surface area contributed by atoms with E-state index in [0.717, 1.165) is 17.7 Å². The van der Waals surface area contributed by atoms with E-state index in [1.165, 1.54) is 5.56 Å². The predicted molar refractivity (Wildman–Crippen MR) is 113 cm³/mol. The molecular weight excluding hydrogens is 429 g/mol. The Morgan fingerprint density at radius 3 is 2.64 bits per heavy atom. The molecule has 0 saturated heterocycles. The lowest BCUT2D eigenvalue weighted by Gasteiger charge is -2.13. The fourth-order valence-corrected chi connectivity index (χ4v) is 2.33. The van der Waals surface area contributed by atoms with Crippen molar-refractivity contribution in [1.29, 1.82) is 0 Å². The summed E-state index contributed by atoms with van der Waals surface area (Å²) in [6.07, 6.45) is 0. The molecule has 0 saturated carbocycles. The smallest absolute Gasteiger partial charge is 0.191 e. The molecule has 0 spiro atoms. The molecular formula is C19H26IN3O2. The first-order chi connectivity index (χ1) is 11.6. The number of methoxy groups -OCH3 is 1. The summed E-state index contributed by atoms with van der Waals surface area (Å²) in [7, 11) is 1.61. The average Bonchev–Trinajstić information content (AvgIpc) is 2.58. The zero-order chi connectivity index (χ0) is 17.4. The first-order valence-corrected chi connectivity index (χ1v) is 8.06. The quantitative estimate of drug-likeness (QED) is 0.354. The van der Waals surface area contributed by atoms with Gasteiger partial charge in [-0.3, -0.25) is 0 Å². The number of rotatable bonds is 6. The van der Waals surface area contributed by atoms with Gasteiger partial charge in [-0.05, 0) is 37.6 Å². The van der Waals surface area contributed by atoms with E-state index < -0.39 is 0 Å². The summed E-state index contributed by atoms with van der Waals surface area (Å²) in [6.45, 7) is 5.92. The molecule has 0 aliphatic rings. The van der Waals surface area contributed by atoms with Crippen molar-refractivity contribution >= 4 is 29.9 Å². The largest absolute Gasteiger partial charge is 0.508 e. The van der Waals surface area contributed by atoms with Gasteiger partial charge in [-0.1, -0.05) is 29.8 Å². The summed E-state index contributed by atoms with van der Waals surface area (Å²) in [5.74, 6) is 1.66. The van der Waals surface area contributed by atoms with Crippen LogP contribution in [0.5, 0.6) is 11.5 Å². The van der Waals surface area contributed by atoms with Crippen LogP contribution in [-0.4, -0.2) is 24.7 Å².